The number of aliphatic carboxylic acids is 1. The number of nitrogens with two attached hydrogens (primary N) is 2. The second-order valence-electron chi connectivity index (χ2n) is 10.3. The Bertz CT molecular complexity index is 1370. The molecule has 2 aromatic heterocycles. The molecule has 0 aliphatic rings. The fourth-order valence-corrected chi connectivity index (χ4v) is 4.38. The fourth-order valence-electron chi connectivity index (χ4n) is 4.38. The first-order chi connectivity index (χ1) is 19.4. The molecule has 3 rings (SSSR count). The highest BCUT2D eigenvalue weighted by molar-refractivity contribution is 5.96. The van der Waals surface area contributed by atoms with Gasteiger partial charge in [0.15, 0.2) is 0 Å². The van der Waals surface area contributed by atoms with Gasteiger partial charge in [0, 0.05) is 41.8 Å². The van der Waals surface area contributed by atoms with E-state index < -0.39 is 60.2 Å². The fraction of sp³-hybridized carbons (Fsp3) is 0.407. The normalized spacial score (nSPS) is 14.1. The Morgan fingerprint density at radius 3 is 2.22 bits per heavy atom. The van der Waals surface area contributed by atoms with Gasteiger partial charge in [0.2, 0.25) is 23.6 Å². The van der Waals surface area contributed by atoms with E-state index in [1.807, 2.05) is 24.3 Å². The van der Waals surface area contributed by atoms with E-state index >= 15 is 0 Å². The summed E-state index contributed by atoms with van der Waals surface area (Å²) in [5, 5.41) is 17.8. The van der Waals surface area contributed by atoms with E-state index in [0.717, 1.165) is 10.9 Å². The first kappa shape index (κ1) is 30.8. The summed E-state index contributed by atoms with van der Waals surface area (Å²) in [5.41, 5.74) is 13.6. The standard InChI is InChI=1S/C27H36N8O6/c1-14(2)7-22(27(40)41)35-26(39)21(10-23(29)36)34-25(38)20(8-15-11-31-19-6-4-3-5-17(15)19)33-24(37)18(28)9-16-12-30-13-32-16/h3-6,11-14,18,20-22,31H,7-10,28H2,1-2H3,(H2,29,36)(H,30,32)(H,33,37)(H,34,38)(H,35,39)(H,40,41). The molecule has 4 amide bonds. The Balaban J connectivity index is 1.83. The number of H-pyrrole nitrogens is 2. The van der Waals surface area contributed by atoms with Crippen LogP contribution in [0.2, 0.25) is 0 Å². The molecule has 14 heteroatoms. The summed E-state index contributed by atoms with van der Waals surface area (Å²) in [6.07, 6.45) is 4.39. The van der Waals surface area contributed by atoms with E-state index in [-0.39, 0.29) is 25.2 Å². The molecule has 0 saturated carbocycles. The van der Waals surface area contributed by atoms with Crippen molar-refractivity contribution in [1.82, 2.24) is 30.9 Å². The van der Waals surface area contributed by atoms with Crippen molar-refractivity contribution in [3.05, 3.63) is 54.2 Å². The van der Waals surface area contributed by atoms with Crippen LogP contribution in [0.3, 0.4) is 0 Å². The topological polar surface area (TPSA) is 238 Å². The molecule has 0 aliphatic heterocycles. The minimum Gasteiger partial charge on any atom is -0.480 e. The van der Waals surface area contributed by atoms with Gasteiger partial charge in [0.1, 0.15) is 18.1 Å². The summed E-state index contributed by atoms with van der Waals surface area (Å²) in [5.74, 6) is -4.50. The Kier molecular flexibility index (Phi) is 10.6. The lowest BCUT2D eigenvalue weighted by Crippen LogP contribution is -2.58. The van der Waals surface area contributed by atoms with E-state index in [2.05, 4.69) is 30.9 Å². The number of nitrogens with zero attached hydrogens (tertiary/aromatic N) is 1. The number of para-hydroxylation sites is 1. The summed E-state index contributed by atoms with van der Waals surface area (Å²) in [7, 11) is 0. The number of carboxylic acids is 1. The molecule has 0 bridgehead atoms. The molecule has 14 nitrogen and oxygen atoms in total. The molecule has 0 saturated heterocycles. The summed E-state index contributed by atoms with van der Waals surface area (Å²) in [4.78, 5) is 72.9. The van der Waals surface area contributed by atoms with Crippen molar-refractivity contribution < 1.29 is 29.1 Å². The molecule has 1 aromatic carbocycles. The number of aromatic amines is 2. The van der Waals surface area contributed by atoms with E-state index in [1.165, 1.54) is 12.5 Å². The predicted octanol–water partition coefficient (Wildman–Crippen LogP) is -0.536. The van der Waals surface area contributed by atoms with Gasteiger partial charge in [0.25, 0.3) is 0 Å². The monoisotopic (exact) mass is 568 g/mol. The smallest absolute Gasteiger partial charge is 0.326 e. The highest BCUT2D eigenvalue weighted by Gasteiger charge is 2.32. The minimum atomic E-state index is -1.48. The summed E-state index contributed by atoms with van der Waals surface area (Å²) >= 11 is 0. The van der Waals surface area contributed by atoms with Crippen molar-refractivity contribution in [3.63, 3.8) is 0 Å². The SMILES string of the molecule is CC(C)CC(NC(=O)C(CC(N)=O)NC(=O)C(Cc1c[nH]c2ccccc12)NC(=O)C(N)Cc1cnc[nH]1)C(=O)O. The number of carbonyl (C=O) groups is 5. The van der Waals surface area contributed by atoms with Crippen molar-refractivity contribution in [1.29, 1.82) is 0 Å². The van der Waals surface area contributed by atoms with Crippen LogP contribution in [0, 0.1) is 5.92 Å². The van der Waals surface area contributed by atoms with E-state index in [4.69, 9.17) is 11.5 Å². The number of carboxylic acid groups (broad SMARTS) is 1. The number of hydrogen-bond donors (Lipinski definition) is 8. The van der Waals surface area contributed by atoms with Gasteiger partial charge in [-0.1, -0.05) is 32.0 Å². The van der Waals surface area contributed by atoms with Crippen molar-refractivity contribution >= 4 is 40.5 Å². The maximum Gasteiger partial charge on any atom is 0.326 e. The molecule has 0 aliphatic carbocycles. The quantitative estimate of drug-likeness (QED) is 0.118. The van der Waals surface area contributed by atoms with Gasteiger partial charge in [-0.15, -0.1) is 0 Å². The third-order valence-electron chi connectivity index (χ3n) is 6.42. The van der Waals surface area contributed by atoms with Gasteiger partial charge in [-0.25, -0.2) is 9.78 Å². The molecule has 2 heterocycles. The first-order valence-corrected chi connectivity index (χ1v) is 13.1. The van der Waals surface area contributed by atoms with Crippen LogP contribution in [0.5, 0.6) is 0 Å². The number of amides is 4. The number of benzene rings is 1. The van der Waals surface area contributed by atoms with Crippen molar-refractivity contribution in [2.24, 2.45) is 17.4 Å². The number of aromatic nitrogens is 3. The number of fused-ring (bicyclic) bond motifs is 1. The summed E-state index contributed by atoms with van der Waals surface area (Å²) in [6.45, 7) is 3.58. The van der Waals surface area contributed by atoms with Crippen LogP contribution in [-0.4, -0.2) is 73.8 Å². The molecule has 0 fully saturated rings. The molecule has 4 unspecified atom stereocenters. The van der Waals surface area contributed by atoms with Gasteiger partial charge in [0.05, 0.1) is 18.8 Å². The summed E-state index contributed by atoms with van der Waals surface area (Å²) in [6, 6.07) is 2.44. The van der Waals surface area contributed by atoms with Crippen LogP contribution < -0.4 is 27.4 Å². The average Bonchev–Trinajstić information content (AvgIpc) is 3.56. The van der Waals surface area contributed by atoms with Crippen LogP contribution in [0.4, 0.5) is 0 Å². The average molecular weight is 569 g/mol. The summed E-state index contributed by atoms with van der Waals surface area (Å²) < 4.78 is 0. The highest BCUT2D eigenvalue weighted by atomic mass is 16.4. The van der Waals surface area contributed by atoms with Crippen LogP contribution in [0.1, 0.15) is 37.9 Å². The Morgan fingerprint density at radius 2 is 1.59 bits per heavy atom. The zero-order chi connectivity index (χ0) is 30.1. The molecule has 41 heavy (non-hydrogen) atoms. The molecule has 0 radical (unpaired) electrons. The highest BCUT2D eigenvalue weighted by Crippen LogP contribution is 2.19. The molecule has 10 N–H and O–H groups in total. The molecule has 220 valence electrons. The van der Waals surface area contributed by atoms with E-state index in [1.54, 1.807) is 20.0 Å². The third-order valence-corrected chi connectivity index (χ3v) is 6.42. The lowest BCUT2D eigenvalue weighted by atomic mass is 10.0. The predicted molar refractivity (Wildman–Crippen MR) is 149 cm³/mol. The lowest BCUT2D eigenvalue weighted by molar-refractivity contribution is -0.143. The van der Waals surface area contributed by atoms with Gasteiger partial charge >= 0.3 is 5.97 Å². The van der Waals surface area contributed by atoms with Crippen LogP contribution >= 0.6 is 0 Å². The van der Waals surface area contributed by atoms with E-state index in [9.17, 15) is 29.1 Å². The maximum absolute atomic E-state index is 13.5. The van der Waals surface area contributed by atoms with Crippen molar-refractivity contribution in [3.8, 4) is 0 Å². The minimum absolute atomic E-state index is 0.0222. The Hall–Kier alpha value is -4.72. The largest absolute Gasteiger partial charge is 0.480 e. The number of carbonyl (C=O) groups excluding carboxylic acids is 4. The van der Waals surface area contributed by atoms with Crippen molar-refractivity contribution in [2.45, 2.75) is 63.7 Å². The Morgan fingerprint density at radius 1 is 0.927 bits per heavy atom. The molecule has 4 atom stereocenters. The maximum atomic E-state index is 13.5. The molecular formula is C27H36N8O6. The van der Waals surface area contributed by atoms with Gasteiger partial charge < -0.3 is 42.5 Å². The Labute approximate surface area is 236 Å². The molecule has 3 aromatic rings. The molecular weight excluding hydrogens is 532 g/mol. The zero-order valence-corrected chi connectivity index (χ0v) is 22.8. The zero-order valence-electron chi connectivity index (χ0n) is 22.8. The number of nitrogens with one attached hydrogen (secondary N) is 5. The second-order valence-corrected chi connectivity index (χ2v) is 10.3. The number of primary amides is 1. The van der Waals surface area contributed by atoms with Crippen LogP contribution in [-0.2, 0) is 36.8 Å². The number of hydrogen-bond acceptors (Lipinski definition) is 7. The van der Waals surface area contributed by atoms with Crippen LogP contribution in [0.15, 0.2) is 43.0 Å². The molecule has 0 spiro atoms. The number of imidazole rings is 1. The first-order valence-electron chi connectivity index (χ1n) is 13.1. The van der Waals surface area contributed by atoms with E-state index in [0.29, 0.717) is 11.3 Å². The van der Waals surface area contributed by atoms with Gasteiger partial charge in [-0.05, 0) is 24.0 Å². The lowest BCUT2D eigenvalue weighted by Gasteiger charge is -2.25. The number of rotatable bonds is 15. The van der Waals surface area contributed by atoms with Gasteiger partial charge in [-0.2, -0.15) is 0 Å². The second kappa shape index (κ2) is 14.1. The third kappa shape index (κ3) is 8.89. The van der Waals surface area contributed by atoms with Crippen LogP contribution in [0.25, 0.3) is 10.9 Å². The van der Waals surface area contributed by atoms with Gasteiger partial charge in [-0.3, -0.25) is 19.2 Å². The van der Waals surface area contributed by atoms with Crippen molar-refractivity contribution in [2.75, 3.05) is 0 Å².